The Balaban J connectivity index is 1.34. The summed E-state index contributed by atoms with van der Waals surface area (Å²) in [5.74, 6) is -0.573. The van der Waals surface area contributed by atoms with Crippen LogP contribution >= 0.6 is 0 Å². The standard InChI is InChI=1S/C29H37N5O6S/c1-39-16-8-15-34-25-12-5-4-11-24(25)31-27(34)20-9-7-14-32(17-20)28(35)22-18-33(19-23(22)30)41(37,38)26-13-6-3-10-21(26)29(36)40-2/h3-6,10-13,20,22-23H,7-9,14-19,30H2,1-2H3/t20-,22-,23-/m1/s1. The summed E-state index contributed by atoms with van der Waals surface area (Å²) < 4.78 is 40.6. The van der Waals surface area contributed by atoms with Gasteiger partial charge < -0.3 is 24.7 Å². The fourth-order valence-electron chi connectivity index (χ4n) is 5.99. The molecule has 41 heavy (non-hydrogen) atoms. The Hall–Kier alpha value is -3.32. The van der Waals surface area contributed by atoms with Gasteiger partial charge in [-0.15, -0.1) is 0 Å². The molecule has 5 rings (SSSR count). The fourth-order valence-corrected chi connectivity index (χ4v) is 7.67. The van der Waals surface area contributed by atoms with E-state index in [1.807, 2.05) is 23.1 Å². The van der Waals surface area contributed by atoms with Crippen LogP contribution in [0.4, 0.5) is 0 Å². The number of ether oxygens (including phenoxy) is 2. The van der Waals surface area contributed by atoms with Gasteiger partial charge in [0.05, 0.1) is 34.5 Å². The minimum absolute atomic E-state index is 0.0131. The first kappa shape index (κ1) is 29.2. The Morgan fingerprint density at radius 3 is 2.59 bits per heavy atom. The highest BCUT2D eigenvalue weighted by molar-refractivity contribution is 7.89. The Kier molecular flexibility index (Phi) is 8.74. The van der Waals surface area contributed by atoms with Crippen LogP contribution in [0.3, 0.4) is 0 Å². The van der Waals surface area contributed by atoms with E-state index in [2.05, 4.69) is 10.6 Å². The first-order valence-electron chi connectivity index (χ1n) is 13.9. The summed E-state index contributed by atoms with van der Waals surface area (Å²) in [6.07, 6.45) is 2.56. The molecule has 3 atom stereocenters. The van der Waals surface area contributed by atoms with Crippen LogP contribution in [0.5, 0.6) is 0 Å². The Bertz CT molecular complexity index is 1520. The number of esters is 1. The number of aryl methyl sites for hydroxylation is 1. The molecule has 1 amide bonds. The van der Waals surface area contributed by atoms with Gasteiger partial charge in [-0.1, -0.05) is 24.3 Å². The molecule has 11 nitrogen and oxygen atoms in total. The number of nitrogens with two attached hydrogens (primary N) is 1. The van der Waals surface area contributed by atoms with E-state index in [4.69, 9.17) is 20.2 Å². The van der Waals surface area contributed by atoms with Gasteiger partial charge in [-0.2, -0.15) is 4.31 Å². The monoisotopic (exact) mass is 583 g/mol. The number of imidazole rings is 1. The average Bonchev–Trinajstić information content (AvgIpc) is 3.57. The van der Waals surface area contributed by atoms with E-state index in [9.17, 15) is 18.0 Å². The topological polar surface area (TPSA) is 137 Å². The zero-order chi connectivity index (χ0) is 29.1. The van der Waals surface area contributed by atoms with Crippen LogP contribution in [-0.4, -0.2) is 92.1 Å². The van der Waals surface area contributed by atoms with Gasteiger partial charge in [0.1, 0.15) is 5.82 Å². The number of hydrogen-bond donors (Lipinski definition) is 1. The lowest BCUT2D eigenvalue weighted by Crippen LogP contribution is -2.47. The molecule has 2 aliphatic rings. The number of aromatic nitrogens is 2. The molecule has 2 aromatic carbocycles. The highest BCUT2D eigenvalue weighted by atomic mass is 32.2. The smallest absolute Gasteiger partial charge is 0.339 e. The van der Waals surface area contributed by atoms with Crippen molar-refractivity contribution >= 4 is 32.9 Å². The Labute approximate surface area is 240 Å². The molecule has 2 aliphatic heterocycles. The van der Waals surface area contributed by atoms with Crippen LogP contribution in [0, 0.1) is 5.92 Å². The third-order valence-electron chi connectivity index (χ3n) is 8.07. The molecule has 2 N–H and O–H groups in total. The molecule has 0 saturated carbocycles. The van der Waals surface area contributed by atoms with Crippen LogP contribution in [0.1, 0.15) is 41.4 Å². The number of para-hydroxylation sites is 2. The summed E-state index contributed by atoms with van der Waals surface area (Å²) in [6, 6.07) is 13.3. The van der Waals surface area contributed by atoms with Crippen molar-refractivity contribution in [2.45, 2.75) is 42.7 Å². The van der Waals surface area contributed by atoms with Gasteiger partial charge in [0, 0.05) is 58.4 Å². The Morgan fingerprint density at radius 1 is 1.05 bits per heavy atom. The largest absolute Gasteiger partial charge is 0.465 e. The van der Waals surface area contributed by atoms with Crippen molar-refractivity contribution in [2.75, 3.05) is 47.0 Å². The van der Waals surface area contributed by atoms with Crippen LogP contribution in [0.15, 0.2) is 53.4 Å². The molecule has 12 heteroatoms. The number of likely N-dealkylation sites (tertiary alicyclic amines) is 1. The number of amides is 1. The third-order valence-corrected chi connectivity index (χ3v) is 9.96. The van der Waals surface area contributed by atoms with Crippen molar-refractivity contribution in [2.24, 2.45) is 11.7 Å². The van der Waals surface area contributed by atoms with Gasteiger partial charge >= 0.3 is 5.97 Å². The average molecular weight is 584 g/mol. The molecule has 0 aliphatic carbocycles. The lowest BCUT2D eigenvalue weighted by molar-refractivity contribution is -0.136. The summed E-state index contributed by atoms with van der Waals surface area (Å²) in [6.45, 7) is 2.43. The predicted molar refractivity (Wildman–Crippen MR) is 153 cm³/mol. The highest BCUT2D eigenvalue weighted by Gasteiger charge is 2.44. The van der Waals surface area contributed by atoms with E-state index in [1.165, 1.54) is 23.5 Å². The van der Waals surface area contributed by atoms with Gasteiger partial charge in [0.2, 0.25) is 15.9 Å². The number of piperidine rings is 1. The highest BCUT2D eigenvalue weighted by Crippen LogP contribution is 2.32. The van der Waals surface area contributed by atoms with E-state index in [0.717, 1.165) is 42.7 Å². The van der Waals surface area contributed by atoms with Gasteiger partial charge in [-0.3, -0.25) is 4.79 Å². The number of benzene rings is 2. The number of hydrogen-bond acceptors (Lipinski definition) is 8. The molecule has 3 aromatic rings. The van der Waals surface area contributed by atoms with E-state index in [0.29, 0.717) is 19.7 Å². The summed E-state index contributed by atoms with van der Waals surface area (Å²) in [7, 11) is -1.19. The van der Waals surface area contributed by atoms with Gasteiger partial charge in [0.25, 0.3) is 0 Å². The number of methoxy groups -OCH3 is 2. The fraction of sp³-hybridized carbons (Fsp3) is 0.483. The second-order valence-corrected chi connectivity index (χ2v) is 12.6. The summed E-state index contributed by atoms with van der Waals surface area (Å²) in [4.78, 5) is 32.7. The normalized spacial score (nSPS) is 21.8. The van der Waals surface area contributed by atoms with Crippen molar-refractivity contribution < 1.29 is 27.5 Å². The van der Waals surface area contributed by atoms with Crippen molar-refractivity contribution in [3.05, 3.63) is 59.9 Å². The molecular weight excluding hydrogens is 546 g/mol. The lowest BCUT2D eigenvalue weighted by Gasteiger charge is -2.35. The molecule has 0 bridgehead atoms. The first-order chi connectivity index (χ1) is 19.8. The second-order valence-electron chi connectivity index (χ2n) is 10.7. The minimum Gasteiger partial charge on any atom is -0.465 e. The van der Waals surface area contributed by atoms with Gasteiger partial charge in [0.15, 0.2) is 0 Å². The molecular formula is C29H37N5O6S. The molecule has 0 unspecified atom stereocenters. The number of carbonyl (C=O) groups excluding carboxylic acids is 2. The number of carbonyl (C=O) groups is 2. The zero-order valence-corrected chi connectivity index (χ0v) is 24.3. The van der Waals surface area contributed by atoms with Crippen LogP contribution < -0.4 is 5.73 Å². The molecule has 3 heterocycles. The zero-order valence-electron chi connectivity index (χ0n) is 23.4. The summed E-state index contributed by atoms with van der Waals surface area (Å²) in [5, 5.41) is 0. The number of nitrogens with zero attached hydrogens (tertiary/aromatic N) is 4. The van der Waals surface area contributed by atoms with Gasteiger partial charge in [-0.05, 0) is 43.5 Å². The molecule has 0 spiro atoms. The second kappa shape index (κ2) is 12.3. The quantitative estimate of drug-likeness (QED) is 0.299. The van der Waals surface area contributed by atoms with Crippen LogP contribution in [0.2, 0.25) is 0 Å². The van der Waals surface area contributed by atoms with Crippen molar-refractivity contribution in [3.63, 3.8) is 0 Å². The van der Waals surface area contributed by atoms with Crippen LogP contribution in [-0.2, 0) is 30.8 Å². The third kappa shape index (κ3) is 5.74. The number of fused-ring (bicyclic) bond motifs is 1. The van der Waals surface area contributed by atoms with Gasteiger partial charge in [-0.25, -0.2) is 18.2 Å². The number of rotatable bonds is 9. The van der Waals surface area contributed by atoms with E-state index >= 15 is 0 Å². The van der Waals surface area contributed by atoms with E-state index in [1.54, 1.807) is 19.2 Å². The molecule has 2 fully saturated rings. The van der Waals surface area contributed by atoms with Crippen molar-refractivity contribution in [1.29, 1.82) is 0 Å². The lowest BCUT2D eigenvalue weighted by atomic mass is 9.94. The first-order valence-corrected chi connectivity index (χ1v) is 15.4. The SMILES string of the molecule is COCCCn1c([C@@H]2CCCN(C(=O)[C@@H]3CN(S(=O)(=O)c4ccccc4C(=O)OC)C[C@H]3N)C2)nc2ccccc21. The van der Waals surface area contributed by atoms with Crippen molar-refractivity contribution in [3.8, 4) is 0 Å². The minimum atomic E-state index is -4.08. The molecule has 0 radical (unpaired) electrons. The van der Waals surface area contributed by atoms with E-state index in [-0.39, 0.29) is 35.4 Å². The predicted octanol–water partition coefficient (Wildman–Crippen LogP) is 2.21. The summed E-state index contributed by atoms with van der Waals surface area (Å²) >= 11 is 0. The summed E-state index contributed by atoms with van der Waals surface area (Å²) in [5.41, 5.74) is 8.33. The Morgan fingerprint density at radius 2 is 1.80 bits per heavy atom. The van der Waals surface area contributed by atoms with E-state index < -0.39 is 28.0 Å². The van der Waals surface area contributed by atoms with Crippen molar-refractivity contribution in [1.82, 2.24) is 18.8 Å². The van der Waals surface area contributed by atoms with Crippen LogP contribution in [0.25, 0.3) is 11.0 Å². The maximum atomic E-state index is 13.8. The number of sulfonamides is 1. The molecule has 220 valence electrons. The molecule has 2 saturated heterocycles. The maximum Gasteiger partial charge on any atom is 0.339 e. The maximum absolute atomic E-state index is 13.8. The molecule has 1 aromatic heterocycles.